The molecule has 1 heterocycles. The largest absolute Gasteiger partial charge is 0.508 e. The first-order valence-corrected chi connectivity index (χ1v) is 11.6. The molecular formula is C28H26ClNO5. The number of phenolic OH excluding ortho intramolecular Hbond substituents is 1. The van der Waals surface area contributed by atoms with Crippen LogP contribution in [0.25, 0.3) is 5.76 Å². The first-order chi connectivity index (χ1) is 16.6. The van der Waals surface area contributed by atoms with E-state index in [2.05, 4.69) is 0 Å². The fourth-order valence-electron chi connectivity index (χ4n) is 4.46. The van der Waals surface area contributed by atoms with Crippen LogP contribution in [0.15, 0.2) is 66.2 Å². The molecule has 1 saturated heterocycles. The van der Waals surface area contributed by atoms with Crippen molar-refractivity contribution in [1.29, 1.82) is 0 Å². The number of carbonyl (C=O) groups excluding carboxylic acids is 2. The Morgan fingerprint density at radius 1 is 1.06 bits per heavy atom. The molecule has 4 rings (SSSR count). The molecule has 35 heavy (non-hydrogen) atoms. The number of aryl methyl sites for hydroxylation is 1. The van der Waals surface area contributed by atoms with Crippen LogP contribution in [-0.4, -0.2) is 29.0 Å². The van der Waals surface area contributed by atoms with Gasteiger partial charge in [0.1, 0.15) is 17.3 Å². The number of halogens is 1. The zero-order valence-corrected chi connectivity index (χ0v) is 20.6. The number of aliphatic hydroxyl groups excluding tert-OH is 1. The van der Waals surface area contributed by atoms with Gasteiger partial charge in [-0.3, -0.25) is 14.5 Å². The standard InChI is InChI=1S/C28H26ClNO5/c1-15(2)21-14-22(16(3)11-23(21)35-4)26(32)24-25(17-7-5-10-20(31)12-17)30(28(34)27(24)33)19-9-6-8-18(29)13-19/h5-15,25,31-32H,1-4H3/b26-24+. The fraction of sp³-hybridized carbons (Fsp3) is 0.214. The van der Waals surface area contributed by atoms with Crippen molar-refractivity contribution < 1.29 is 24.5 Å². The molecule has 0 aliphatic carbocycles. The molecule has 1 aliphatic rings. The lowest BCUT2D eigenvalue weighted by atomic mass is 9.91. The van der Waals surface area contributed by atoms with Gasteiger partial charge in [0, 0.05) is 16.3 Å². The number of methoxy groups -OCH3 is 1. The van der Waals surface area contributed by atoms with E-state index in [1.54, 1.807) is 62.6 Å². The van der Waals surface area contributed by atoms with E-state index in [0.717, 1.165) is 5.56 Å². The van der Waals surface area contributed by atoms with Crippen molar-refractivity contribution in [2.45, 2.75) is 32.7 Å². The zero-order valence-electron chi connectivity index (χ0n) is 19.9. The minimum atomic E-state index is -0.968. The molecule has 3 aromatic rings. The summed E-state index contributed by atoms with van der Waals surface area (Å²) in [5.41, 5.74) is 2.79. The molecule has 180 valence electrons. The topological polar surface area (TPSA) is 87.1 Å². The van der Waals surface area contributed by atoms with E-state index < -0.39 is 17.7 Å². The van der Waals surface area contributed by atoms with Gasteiger partial charge in [-0.15, -0.1) is 0 Å². The Morgan fingerprint density at radius 3 is 2.40 bits per heavy atom. The minimum absolute atomic E-state index is 0.0260. The SMILES string of the molecule is COc1cc(C)c(/C(O)=C2\C(=O)C(=O)N(c3cccc(Cl)c3)C2c2cccc(O)c2)cc1C(C)C. The number of anilines is 1. The van der Waals surface area contributed by atoms with Crippen molar-refractivity contribution in [2.24, 2.45) is 0 Å². The van der Waals surface area contributed by atoms with Crippen molar-refractivity contribution in [3.05, 3.63) is 93.5 Å². The molecule has 3 aromatic carbocycles. The second-order valence-electron chi connectivity index (χ2n) is 8.81. The predicted octanol–water partition coefficient (Wildman–Crippen LogP) is 6.11. The predicted molar refractivity (Wildman–Crippen MR) is 136 cm³/mol. The van der Waals surface area contributed by atoms with E-state index in [1.807, 2.05) is 13.8 Å². The third-order valence-electron chi connectivity index (χ3n) is 6.17. The van der Waals surface area contributed by atoms with E-state index >= 15 is 0 Å². The van der Waals surface area contributed by atoms with Gasteiger partial charge >= 0.3 is 0 Å². The summed E-state index contributed by atoms with van der Waals surface area (Å²) in [5.74, 6) is -1.16. The van der Waals surface area contributed by atoms with Crippen LogP contribution >= 0.6 is 11.6 Å². The highest BCUT2D eigenvalue weighted by atomic mass is 35.5. The van der Waals surface area contributed by atoms with Crippen LogP contribution in [0.2, 0.25) is 5.02 Å². The van der Waals surface area contributed by atoms with Crippen LogP contribution in [0.4, 0.5) is 5.69 Å². The maximum Gasteiger partial charge on any atom is 0.300 e. The lowest BCUT2D eigenvalue weighted by molar-refractivity contribution is -0.132. The summed E-state index contributed by atoms with van der Waals surface area (Å²) in [6, 6.07) is 15.5. The van der Waals surface area contributed by atoms with E-state index in [9.17, 15) is 19.8 Å². The Kier molecular flexibility index (Phi) is 6.59. The highest BCUT2D eigenvalue weighted by Crippen LogP contribution is 2.44. The van der Waals surface area contributed by atoms with Gasteiger partial charge in [0.2, 0.25) is 0 Å². The summed E-state index contributed by atoms with van der Waals surface area (Å²) >= 11 is 6.18. The number of amides is 1. The summed E-state index contributed by atoms with van der Waals surface area (Å²) < 4.78 is 5.51. The van der Waals surface area contributed by atoms with Gasteiger partial charge < -0.3 is 14.9 Å². The number of Topliss-reactive ketones (excluding diaryl/α,β-unsaturated/α-hetero) is 1. The normalized spacial score (nSPS) is 17.3. The minimum Gasteiger partial charge on any atom is -0.508 e. The number of hydrogen-bond donors (Lipinski definition) is 2. The number of benzene rings is 3. The number of carbonyl (C=O) groups is 2. The van der Waals surface area contributed by atoms with Crippen molar-refractivity contribution >= 4 is 34.7 Å². The van der Waals surface area contributed by atoms with Gasteiger partial charge in [-0.05, 0) is 72.0 Å². The van der Waals surface area contributed by atoms with Gasteiger partial charge in [-0.2, -0.15) is 0 Å². The molecule has 1 unspecified atom stereocenters. The van der Waals surface area contributed by atoms with Crippen LogP contribution in [-0.2, 0) is 9.59 Å². The van der Waals surface area contributed by atoms with Gasteiger partial charge in [-0.25, -0.2) is 0 Å². The van der Waals surface area contributed by atoms with Gasteiger partial charge in [0.15, 0.2) is 0 Å². The van der Waals surface area contributed by atoms with E-state index in [4.69, 9.17) is 16.3 Å². The Balaban J connectivity index is 2.00. The van der Waals surface area contributed by atoms with E-state index in [-0.39, 0.29) is 23.0 Å². The lowest BCUT2D eigenvalue weighted by Gasteiger charge is -2.26. The molecule has 2 N–H and O–H groups in total. The van der Waals surface area contributed by atoms with Gasteiger partial charge in [0.05, 0.1) is 18.7 Å². The van der Waals surface area contributed by atoms with Crippen molar-refractivity contribution in [3.8, 4) is 11.5 Å². The third-order valence-corrected chi connectivity index (χ3v) is 6.41. The Morgan fingerprint density at radius 2 is 1.77 bits per heavy atom. The first kappa shape index (κ1) is 24.4. The summed E-state index contributed by atoms with van der Waals surface area (Å²) in [6.45, 7) is 5.81. The van der Waals surface area contributed by atoms with Crippen molar-refractivity contribution in [2.75, 3.05) is 12.0 Å². The summed E-state index contributed by atoms with van der Waals surface area (Å²) in [7, 11) is 1.58. The van der Waals surface area contributed by atoms with E-state index in [0.29, 0.717) is 33.1 Å². The van der Waals surface area contributed by atoms with Crippen LogP contribution in [0.3, 0.4) is 0 Å². The van der Waals surface area contributed by atoms with Crippen molar-refractivity contribution in [3.63, 3.8) is 0 Å². The monoisotopic (exact) mass is 491 g/mol. The number of nitrogens with zero attached hydrogens (tertiary/aromatic N) is 1. The summed E-state index contributed by atoms with van der Waals surface area (Å²) in [4.78, 5) is 28.0. The number of phenols is 1. The van der Waals surface area contributed by atoms with Gasteiger partial charge in [0.25, 0.3) is 11.7 Å². The molecule has 0 bridgehead atoms. The smallest absolute Gasteiger partial charge is 0.300 e. The van der Waals surface area contributed by atoms with E-state index in [1.165, 1.54) is 17.0 Å². The molecule has 0 aromatic heterocycles. The maximum absolute atomic E-state index is 13.4. The summed E-state index contributed by atoms with van der Waals surface area (Å²) in [5, 5.41) is 22.1. The average Bonchev–Trinajstić information content (AvgIpc) is 3.08. The van der Waals surface area contributed by atoms with Crippen LogP contribution in [0.5, 0.6) is 11.5 Å². The van der Waals surface area contributed by atoms with Crippen LogP contribution in [0, 0.1) is 6.92 Å². The second kappa shape index (κ2) is 9.47. The molecular weight excluding hydrogens is 466 g/mol. The third kappa shape index (κ3) is 4.37. The average molecular weight is 492 g/mol. The maximum atomic E-state index is 13.4. The molecule has 6 nitrogen and oxygen atoms in total. The van der Waals surface area contributed by atoms with Crippen LogP contribution < -0.4 is 9.64 Å². The molecule has 0 radical (unpaired) electrons. The fourth-order valence-corrected chi connectivity index (χ4v) is 4.65. The number of aliphatic hydroxyl groups is 1. The molecule has 0 saturated carbocycles. The molecule has 1 aliphatic heterocycles. The molecule has 1 amide bonds. The lowest BCUT2D eigenvalue weighted by Crippen LogP contribution is -2.29. The Labute approximate surface area is 209 Å². The first-order valence-electron chi connectivity index (χ1n) is 11.2. The van der Waals surface area contributed by atoms with Gasteiger partial charge in [-0.1, -0.05) is 43.6 Å². The Hall–Kier alpha value is -3.77. The number of aromatic hydroxyl groups is 1. The summed E-state index contributed by atoms with van der Waals surface area (Å²) in [6.07, 6.45) is 0. The Bertz CT molecular complexity index is 1360. The molecule has 1 atom stereocenters. The number of rotatable bonds is 5. The molecule has 1 fully saturated rings. The number of ether oxygens (including phenoxy) is 1. The van der Waals surface area contributed by atoms with Crippen LogP contribution in [0.1, 0.15) is 48.1 Å². The molecule has 0 spiro atoms. The zero-order chi connectivity index (χ0) is 25.4. The number of hydrogen-bond acceptors (Lipinski definition) is 5. The second-order valence-corrected chi connectivity index (χ2v) is 9.24. The van der Waals surface area contributed by atoms with Crippen molar-refractivity contribution in [1.82, 2.24) is 0 Å². The molecule has 7 heteroatoms. The highest BCUT2D eigenvalue weighted by Gasteiger charge is 2.47. The quantitative estimate of drug-likeness (QED) is 0.255. The highest BCUT2D eigenvalue weighted by molar-refractivity contribution is 6.51. The number of ketones is 1.